The zero-order valence-corrected chi connectivity index (χ0v) is 37.2. The lowest BCUT2D eigenvalue weighted by Crippen LogP contribution is -2.59. The number of allylic oxidation sites excluding steroid dienone is 12. The Bertz CT molecular complexity index is 1130. The lowest BCUT2D eigenvalue weighted by atomic mass is 9.99. The molecule has 1 saturated heterocycles. The quantitative estimate of drug-likeness (QED) is 0.0271. The number of hydrogen-bond donors (Lipinski definition) is 4. The number of ether oxygens (including phenoxy) is 4. The summed E-state index contributed by atoms with van der Waals surface area (Å²) in [5, 5.41) is 40.2. The molecule has 0 aliphatic carbocycles. The van der Waals surface area contributed by atoms with Crippen LogP contribution in [0, 0.1) is 0 Å². The molecule has 1 fully saturated rings. The third kappa shape index (κ3) is 32.1. The van der Waals surface area contributed by atoms with Gasteiger partial charge in [0.25, 0.3) is 0 Å². The molecule has 6 unspecified atom stereocenters. The first-order valence-electron chi connectivity index (χ1n) is 23.5. The number of esters is 1. The van der Waals surface area contributed by atoms with Crippen LogP contribution in [0.3, 0.4) is 0 Å². The molecule has 0 spiro atoms. The Balaban J connectivity index is 2.28. The predicted octanol–water partition coefficient (Wildman–Crippen LogP) is 10.9. The normalized spacial score (nSPS) is 20.8. The molecule has 9 heteroatoms. The predicted molar refractivity (Wildman–Crippen MR) is 242 cm³/mol. The lowest BCUT2D eigenvalue weighted by molar-refractivity contribution is -0.305. The van der Waals surface area contributed by atoms with Crippen LogP contribution in [-0.4, -0.2) is 89.6 Å². The van der Waals surface area contributed by atoms with E-state index >= 15 is 0 Å². The van der Waals surface area contributed by atoms with Crippen LogP contribution in [0.1, 0.15) is 174 Å². The molecule has 4 N–H and O–H groups in total. The van der Waals surface area contributed by atoms with E-state index in [-0.39, 0.29) is 25.6 Å². The Morgan fingerprint density at radius 2 is 1.03 bits per heavy atom. The first-order chi connectivity index (χ1) is 28.9. The monoisotopic (exact) mass is 831 g/mol. The standard InChI is InChI=1S/C50H86O9/c1-3-5-7-9-11-13-15-17-19-21-22-24-26-28-30-32-34-36-38-40-56-42-44(43-57-50-49(55)48(54)47(53)45(41-51)59-50)58-46(52)39-37-35-33-31-29-27-25-23-20-18-16-14-12-10-8-6-4-2/h6,8,12-15,18-21,25,27,44-45,47-51,53-55H,3-5,7,9-11,16-17,22-24,26,28-43H2,1-2H3/b8-6-,14-12-,15-13-,20-18-,21-19-,27-25-. The van der Waals surface area contributed by atoms with E-state index in [1.165, 1.54) is 70.6 Å². The Kier molecular flexibility index (Phi) is 38.0. The maximum Gasteiger partial charge on any atom is 0.306 e. The fourth-order valence-corrected chi connectivity index (χ4v) is 6.69. The smallest absolute Gasteiger partial charge is 0.306 e. The molecule has 1 aliphatic heterocycles. The summed E-state index contributed by atoms with van der Waals surface area (Å²) < 4.78 is 22.8. The molecule has 0 aromatic heterocycles. The van der Waals surface area contributed by atoms with Crippen LogP contribution in [0.2, 0.25) is 0 Å². The summed E-state index contributed by atoms with van der Waals surface area (Å²) in [7, 11) is 0. The highest BCUT2D eigenvalue weighted by Crippen LogP contribution is 2.22. The van der Waals surface area contributed by atoms with Gasteiger partial charge in [-0.2, -0.15) is 0 Å². The summed E-state index contributed by atoms with van der Waals surface area (Å²) in [6.45, 7) is 4.38. The van der Waals surface area contributed by atoms with Gasteiger partial charge in [0.05, 0.1) is 19.8 Å². The minimum Gasteiger partial charge on any atom is -0.457 e. The van der Waals surface area contributed by atoms with Crippen LogP contribution in [0.4, 0.5) is 0 Å². The Morgan fingerprint density at radius 1 is 0.559 bits per heavy atom. The highest BCUT2D eigenvalue weighted by Gasteiger charge is 2.44. The summed E-state index contributed by atoms with van der Waals surface area (Å²) in [5.41, 5.74) is 0. The van der Waals surface area contributed by atoms with E-state index in [1.807, 2.05) is 0 Å². The molecule has 1 aliphatic rings. The van der Waals surface area contributed by atoms with Crippen molar-refractivity contribution in [1.29, 1.82) is 0 Å². The zero-order valence-electron chi connectivity index (χ0n) is 37.2. The Hall–Kier alpha value is -2.37. The van der Waals surface area contributed by atoms with Crippen LogP contribution in [0.25, 0.3) is 0 Å². The second-order valence-electron chi connectivity index (χ2n) is 15.8. The molecule has 0 aromatic rings. The molecule has 0 radical (unpaired) electrons. The first kappa shape index (κ1) is 54.6. The van der Waals surface area contributed by atoms with Crippen molar-refractivity contribution in [3.05, 3.63) is 72.9 Å². The van der Waals surface area contributed by atoms with Crippen LogP contribution >= 0.6 is 0 Å². The van der Waals surface area contributed by atoms with Crippen LogP contribution in [-0.2, 0) is 23.7 Å². The molecule has 0 bridgehead atoms. The molecule has 1 heterocycles. The van der Waals surface area contributed by atoms with Gasteiger partial charge in [-0.3, -0.25) is 4.79 Å². The van der Waals surface area contributed by atoms with Gasteiger partial charge in [-0.25, -0.2) is 0 Å². The van der Waals surface area contributed by atoms with E-state index in [4.69, 9.17) is 18.9 Å². The minimum atomic E-state index is -1.55. The molecule has 0 amide bonds. The number of hydrogen-bond acceptors (Lipinski definition) is 9. The fraction of sp³-hybridized carbons (Fsp3) is 0.740. The van der Waals surface area contributed by atoms with Gasteiger partial charge in [-0.05, 0) is 83.5 Å². The number of aliphatic hydroxyl groups excluding tert-OH is 4. The molecule has 0 aromatic carbocycles. The van der Waals surface area contributed by atoms with Crippen molar-refractivity contribution < 1.29 is 44.2 Å². The van der Waals surface area contributed by atoms with Gasteiger partial charge < -0.3 is 39.4 Å². The maximum absolute atomic E-state index is 12.8. The van der Waals surface area contributed by atoms with E-state index in [9.17, 15) is 25.2 Å². The van der Waals surface area contributed by atoms with Gasteiger partial charge in [-0.1, -0.05) is 157 Å². The Labute approximate surface area is 359 Å². The zero-order chi connectivity index (χ0) is 42.9. The number of carbonyl (C=O) groups excluding carboxylic acids is 1. The number of aliphatic hydroxyl groups is 4. The molecule has 340 valence electrons. The first-order valence-corrected chi connectivity index (χ1v) is 23.5. The lowest BCUT2D eigenvalue weighted by Gasteiger charge is -2.39. The molecular formula is C50H86O9. The van der Waals surface area contributed by atoms with Gasteiger partial charge >= 0.3 is 5.97 Å². The summed E-state index contributed by atoms with van der Waals surface area (Å²) in [4.78, 5) is 12.8. The van der Waals surface area contributed by atoms with Gasteiger partial charge in [0.1, 0.15) is 30.5 Å². The summed E-state index contributed by atoms with van der Waals surface area (Å²) >= 11 is 0. The largest absolute Gasteiger partial charge is 0.457 e. The number of carbonyl (C=O) groups is 1. The van der Waals surface area contributed by atoms with Crippen molar-refractivity contribution >= 4 is 5.97 Å². The second kappa shape index (κ2) is 41.0. The molecule has 6 atom stereocenters. The second-order valence-corrected chi connectivity index (χ2v) is 15.8. The van der Waals surface area contributed by atoms with Crippen LogP contribution in [0.5, 0.6) is 0 Å². The molecule has 59 heavy (non-hydrogen) atoms. The molecule has 0 saturated carbocycles. The molecule has 9 nitrogen and oxygen atoms in total. The van der Waals surface area contributed by atoms with Gasteiger partial charge in [-0.15, -0.1) is 0 Å². The minimum absolute atomic E-state index is 0.127. The third-order valence-corrected chi connectivity index (χ3v) is 10.4. The summed E-state index contributed by atoms with van der Waals surface area (Å²) in [6.07, 6.45) is 46.4. The Morgan fingerprint density at radius 3 is 1.56 bits per heavy atom. The number of unbranched alkanes of at least 4 members (excludes halogenated alkanes) is 16. The highest BCUT2D eigenvalue weighted by molar-refractivity contribution is 5.69. The van der Waals surface area contributed by atoms with Crippen LogP contribution in [0.15, 0.2) is 72.9 Å². The van der Waals surface area contributed by atoms with E-state index < -0.39 is 43.4 Å². The SMILES string of the molecule is CC/C=C\C/C=C\C/C=C\C/C=C\CCCCCCC(=O)OC(COCCCCCCCCCC/C=C\C/C=C\CCCCCC)COC1OC(CO)C(O)C(O)C1O. The summed E-state index contributed by atoms with van der Waals surface area (Å²) in [6, 6.07) is 0. The summed E-state index contributed by atoms with van der Waals surface area (Å²) in [5.74, 6) is -0.341. The van der Waals surface area contributed by atoms with Gasteiger partial charge in [0.15, 0.2) is 6.29 Å². The average molecular weight is 831 g/mol. The van der Waals surface area contributed by atoms with Gasteiger partial charge in [0.2, 0.25) is 0 Å². The van der Waals surface area contributed by atoms with E-state index in [0.717, 1.165) is 83.5 Å². The van der Waals surface area contributed by atoms with Crippen molar-refractivity contribution in [3.63, 3.8) is 0 Å². The van der Waals surface area contributed by atoms with E-state index in [0.29, 0.717) is 6.61 Å². The van der Waals surface area contributed by atoms with Crippen LogP contribution < -0.4 is 0 Å². The average Bonchev–Trinajstić information content (AvgIpc) is 3.24. The molecule has 1 rings (SSSR count). The fourth-order valence-electron chi connectivity index (χ4n) is 6.69. The van der Waals surface area contributed by atoms with Crippen molar-refractivity contribution in [2.75, 3.05) is 26.4 Å². The van der Waals surface area contributed by atoms with Crippen molar-refractivity contribution in [2.24, 2.45) is 0 Å². The van der Waals surface area contributed by atoms with E-state index in [1.54, 1.807) is 0 Å². The third-order valence-electron chi connectivity index (χ3n) is 10.4. The number of rotatable bonds is 39. The maximum atomic E-state index is 12.8. The van der Waals surface area contributed by atoms with E-state index in [2.05, 4.69) is 86.8 Å². The highest BCUT2D eigenvalue weighted by atomic mass is 16.7. The molecular weight excluding hydrogens is 745 g/mol. The van der Waals surface area contributed by atoms with Gasteiger partial charge in [0, 0.05) is 13.0 Å². The topological polar surface area (TPSA) is 135 Å². The van der Waals surface area contributed by atoms with Crippen molar-refractivity contribution in [3.8, 4) is 0 Å². The van der Waals surface area contributed by atoms with Crippen molar-refractivity contribution in [2.45, 2.75) is 211 Å². The van der Waals surface area contributed by atoms with Crippen molar-refractivity contribution in [1.82, 2.24) is 0 Å².